The van der Waals surface area contributed by atoms with Crippen LogP contribution in [0.1, 0.15) is 31.1 Å². The van der Waals surface area contributed by atoms with E-state index in [1.807, 2.05) is 23.6 Å². The Kier molecular flexibility index (Phi) is 9.01. The Morgan fingerprint density at radius 2 is 1.59 bits per heavy atom. The molecule has 0 bridgehead atoms. The van der Waals surface area contributed by atoms with Crippen molar-refractivity contribution in [2.24, 2.45) is 0 Å². The van der Waals surface area contributed by atoms with E-state index < -0.39 is 0 Å². The molecular formula is C17H29N3OS. The molecule has 0 fully saturated rings. The van der Waals surface area contributed by atoms with Crippen molar-refractivity contribution in [2.75, 3.05) is 50.0 Å². The number of benzene rings is 1. The van der Waals surface area contributed by atoms with Crippen molar-refractivity contribution in [3.63, 3.8) is 0 Å². The molecule has 4 nitrogen and oxygen atoms in total. The minimum Gasteiger partial charge on any atom is -0.399 e. The smallest absolute Gasteiger partial charge is 0.253 e. The minimum atomic E-state index is 0.0897. The Balaban J connectivity index is 2.35. The van der Waals surface area contributed by atoms with Crippen LogP contribution in [0.25, 0.3) is 0 Å². The molecule has 1 amide bonds. The number of carbonyl (C=O) groups excluding carboxylic acids is 1. The highest BCUT2D eigenvalue weighted by molar-refractivity contribution is 7.99. The summed E-state index contributed by atoms with van der Waals surface area (Å²) in [6, 6.07) is 7.15. The summed E-state index contributed by atoms with van der Waals surface area (Å²) in [5.41, 5.74) is 7.06. The molecular weight excluding hydrogens is 294 g/mol. The molecule has 0 heterocycles. The molecule has 0 atom stereocenters. The SMILES string of the molecule is CCN(CC)CCSCCN(CC)C(=O)c1ccc(N)cc1. The summed E-state index contributed by atoms with van der Waals surface area (Å²) >= 11 is 1.92. The standard InChI is InChI=1S/C17H29N3OS/c1-4-19(5-2)11-13-22-14-12-20(6-3)17(21)15-7-9-16(18)10-8-15/h7-10H,4-6,11-14,18H2,1-3H3. The Morgan fingerprint density at radius 1 is 1.00 bits per heavy atom. The molecule has 0 saturated carbocycles. The second-order valence-corrected chi connectivity index (χ2v) is 6.37. The van der Waals surface area contributed by atoms with E-state index in [9.17, 15) is 4.79 Å². The number of hydrogen-bond acceptors (Lipinski definition) is 4. The molecule has 0 saturated heterocycles. The fourth-order valence-corrected chi connectivity index (χ4v) is 3.16. The lowest BCUT2D eigenvalue weighted by molar-refractivity contribution is 0.0774. The molecule has 0 unspecified atom stereocenters. The number of nitrogen functional groups attached to an aromatic ring is 1. The van der Waals surface area contributed by atoms with Crippen LogP contribution in [0.4, 0.5) is 5.69 Å². The van der Waals surface area contributed by atoms with E-state index in [2.05, 4.69) is 18.7 Å². The zero-order valence-corrected chi connectivity index (χ0v) is 14.9. The van der Waals surface area contributed by atoms with E-state index in [0.29, 0.717) is 11.3 Å². The zero-order valence-electron chi connectivity index (χ0n) is 14.0. The molecule has 22 heavy (non-hydrogen) atoms. The van der Waals surface area contributed by atoms with Gasteiger partial charge >= 0.3 is 0 Å². The number of amides is 1. The van der Waals surface area contributed by atoms with Crippen molar-refractivity contribution >= 4 is 23.4 Å². The van der Waals surface area contributed by atoms with Crippen LogP contribution in [0, 0.1) is 0 Å². The Bertz CT molecular complexity index is 432. The van der Waals surface area contributed by atoms with Gasteiger partial charge in [-0.05, 0) is 44.3 Å². The van der Waals surface area contributed by atoms with Crippen molar-refractivity contribution in [1.82, 2.24) is 9.80 Å². The summed E-state index contributed by atoms with van der Waals surface area (Å²) < 4.78 is 0. The monoisotopic (exact) mass is 323 g/mol. The zero-order chi connectivity index (χ0) is 16.4. The van der Waals surface area contributed by atoms with Gasteiger partial charge in [0.2, 0.25) is 0 Å². The summed E-state index contributed by atoms with van der Waals surface area (Å²) in [4.78, 5) is 16.7. The van der Waals surface area contributed by atoms with Gasteiger partial charge in [0.15, 0.2) is 0 Å². The van der Waals surface area contributed by atoms with E-state index in [-0.39, 0.29) is 5.91 Å². The van der Waals surface area contributed by atoms with Gasteiger partial charge in [-0.2, -0.15) is 11.8 Å². The lowest BCUT2D eigenvalue weighted by Crippen LogP contribution is -2.33. The predicted octanol–water partition coefficient (Wildman–Crippen LogP) is 2.81. The van der Waals surface area contributed by atoms with Crippen LogP contribution in [0.5, 0.6) is 0 Å². The second-order valence-electron chi connectivity index (χ2n) is 5.15. The van der Waals surface area contributed by atoms with E-state index in [1.54, 1.807) is 24.3 Å². The van der Waals surface area contributed by atoms with E-state index in [1.165, 1.54) is 0 Å². The molecule has 0 aromatic heterocycles. The van der Waals surface area contributed by atoms with Crippen molar-refractivity contribution in [2.45, 2.75) is 20.8 Å². The fourth-order valence-electron chi connectivity index (χ4n) is 2.22. The largest absolute Gasteiger partial charge is 0.399 e. The third-order valence-electron chi connectivity index (χ3n) is 3.78. The molecule has 5 heteroatoms. The van der Waals surface area contributed by atoms with Gasteiger partial charge in [0, 0.05) is 42.4 Å². The first-order valence-electron chi connectivity index (χ1n) is 8.07. The average Bonchev–Trinajstić information content (AvgIpc) is 2.54. The van der Waals surface area contributed by atoms with Crippen LogP contribution >= 0.6 is 11.8 Å². The highest BCUT2D eigenvalue weighted by atomic mass is 32.2. The van der Waals surface area contributed by atoms with Crippen LogP contribution < -0.4 is 5.73 Å². The van der Waals surface area contributed by atoms with Crippen molar-refractivity contribution in [1.29, 1.82) is 0 Å². The third kappa shape index (κ3) is 6.28. The van der Waals surface area contributed by atoms with Crippen LogP contribution in [-0.2, 0) is 0 Å². The molecule has 1 aromatic carbocycles. The van der Waals surface area contributed by atoms with Crippen LogP contribution in [0.15, 0.2) is 24.3 Å². The number of carbonyl (C=O) groups is 1. The fraction of sp³-hybridized carbons (Fsp3) is 0.588. The lowest BCUT2D eigenvalue weighted by atomic mass is 10.2. The van der Waals surface area contributed by atoms with Crippen molar-refractivity contribution in [3.05, 3.63) is 29.8 Å². The maximum Gasteiger partial charge on any atom is 0.253 e. The first-order valence-corrected chi connectivity index (χ1v) is 9.22. The maximum atomic E-state index is 12.4. The summed E-state index contributed by atoms with van der Waals surface area (Å²) in [6.07, 6.45) is 0. The van der Waals surface area contributed by atoms with Gasteiger partial charge in [0.05, 0.1) is 0 Å². The van der Waals surface area contributed by atoms with Crippen molar-refractivity contribution < 1.29 is 4.79 Å². The van der Waals surface area contributed by atoms with Gasteiger partial charge in [0.1, 0.15) is 0 Å². The lowest BCUT2D eigenvalue weighted by Gasteiger charge is -2.21. The molecule has 0 aliphatic heterocycles. The summed E-state index contributed by atoms with van der Waals surface area (Å²) in [7, 11) is 0. The maximum absolute atomic E-state index is 12.4. The molecule has 1 rings (SSSR count). The van der Waals surface area contributed by atoms with Crippen LogP contribution in [0.2, 0.25) is 0 Å². The number of anilines is 1. The van der Waals surface area contributed by atoms with Gasteiger partial charge in [0.25, 0.3) is 5.91 Å². The van der Waals surface area contributed by atoms with E-state index in [0.717, 1.165) is 44.2 Å². The summed E-state index contributed by atoms with van der Waals surface area (Å²) in [5, 5.41) is 0. The number of rotatable bonds is 10. The first-order chi connectivity index (χ1) is 10.6. The predicted molar refractivity (Wildman–Crippen MR) is 97.5 cm³/mol. The highest BCUT2D eigenvalue weighted by Crippen LogP contribution is 2.10. The quantitative estimate of drug-likeness (QED) is 0.531. The Hall–Kier alpha value is -1.20. The van der Waals surface area contributed by atoms with E-state index in [4.69, 9.17) is 5.73 Å². The molecule has 0 spiro atoms. The van der Waals surface area contributed by atoms with Crippen LogP contribution in [0.3, 0.4) is 0 Å². The van der Waals surface area contributed by atoms with Gasteiger partial charge < -0.3 is 15.5 Å². The number of nitrogens with two attached hydrogens (primary N) is 1. The summed E-state index contributed by atoms with van der Waals surface area (Å²) in [6.45, 7) is 11.3. The molecule has 2 N–H and O–H groups in total. The molecule has 1 aromatic rings. The molecule has 0 radical (unpaired) electrons. The topological polar surface area (TPSA) is 49.6 Å². The third-order valence-corrected chi connectivity index (χ3v) is 4.72. The number of thioether (sulfide) groups is 1. The highest BCUT2D eigenvalue weighted by Gasteiger charge is 2.13. The average molecular weight is 324 g/mol. The first kappa shape index (κ1) is 18.8. The Morgan fingerprint density at radius 3 is 2.14 bits per heavy atom. The van der Waals surface area contributed by atoms with Crippen LogP contribution in [-0.4, -0.2) is 59.9 Å². The molecule has 0 aliphatic carbocycles. The van der Waals surface area contributed by atoms with Crippen molar-refractivity contribution in [3.8, 4) is 0 Å². The molecule has 124 valence electrons. The second kappa shape index (κ2) is 10.5. The Labute approximate surface area is 139 Å². The van der Waals surface area contributed by atoms with Gasteiger partial charge in [-0.1, -0.05) is 13.8 Å². The minimum absolute atomic E-state index is 0.0897. The van der Waals surface area contributed by atoms with Gasteiger partial charge in [-0.25, -0.2) is 0 Å². The number of hydrogen-bond donors (Lipinski definition) is 1. The van der Waals surface area contributed by atoms with E-state index >= 15 is 0 Å². The molecule has 0 aliphatic rings. The summed E-state index contributed by atoms with van der Waals surface area (Å²) in [5.74, 6) is 2.19. The normalized spacial score (nSPS) is 10.9. The number of nitrogens with zero attached hydrogens (tertiary/aromatic N) is 2. The van der Waals surface area contributed by atoms with Gasteiger partial charge in [-0.15, -0.1) is 0 Å². The van der Waals surface area contributed by atoms with Gasteiger partial charge in [-0.3, -0.25) is 4.79 Å².